The van der Waals surface area contributed by atoms with Crippen LogP contribution in [0.25, 0.3) is 159 Å². The molecule has 76 heavy (non-hydrogen) atoms. The maximum absolute atomic E-state index is 6.62. The zero-order valence-corrected chi connectivity index (χ0v) is 41.4. The average molecular weight is 989 g/mol. The van der Waals surface area contributed by atoms with Crippen LogP contribution in [0.3, 0.4) is 0 Å². The Bertz CT molecular complexity index is 4990. The van der Waals surface area contributed by atoms with Gasteiger partial charge < -0.3 is 13.4 Å². The molecule has 0 unspecified atom stereocenters. The van der Waals surface area contributed by atoms with Gasteiger partial charge in [0, 0.05) is 74.9 Å². The van der Waals surface area contributed by atoms with E-state index in [0.717, 1.165) is 88.5 Å². The number of fused-ring (bicyclic) bond motifs is 12. The van der Waals surface area contributed by atoms with E-state index in [1.165, 1.54) is 53.1 Å². The first-order chi connectivity index (χ1) is 37.6. The van der Waals surface area contributed by atoms with Gasteiger partial charge in [0.2, 0.25) is 0 Å². The van der Waals surface area contributed by atoms with Crippen LogP contribution < -0.4 is 0 Å². The highest BCUT2D eigenvalue weighted by Gasteiger charge is 2.21. The second-order valence-electron chi connectivity index (χ2n) is 19.5. The van der Waals surface area contributed by atoms with Gasteiger partial charge >= 0.3 is 0 Å². The van der Waals surface area contributed by atoms with E-state index >= 15 is 0 Å². The summed E-state index contributed by atoms with van der Waals surface area (Å²) in [6.07, 6.45) is 0. The highest BCUT2D eigenvalue weighted by Crippen LogP contribution is 2.44. The molecule has 0 aliphatic heterocycles. The Morgan fingerprint density at radius 3 is 1.54 bits per heavy atom. The van der Waals surface area contributed by atoms with E-state index in [-0.39, 0.29) is 0 Å². The summed E-state index contributed by atoms with van der Waals surface area (Å²) in [6, 6.07) is 85.7. The van der Waals surface area contributed by atoms with Crippen LogP contribution >= 0.6 is 11.3 Å². The van der Waals surface area contributed by atoms with Crippen molar-refractivity contribution in [3.63, 3.8) is 0 Å². The summed E-state index contributed by atoms with van der Waals surface area (Å²) < 4.78 is 18.1. The number of nitrogens with zero attached hydrogens (tertiary/aromatic N) is 4. The Hall–Kier alpha value is -9.95. The van der Waals surface area contributed by atoms with Crippen molar-refractivity contribution in [2.45, 2.75) is 0 Å². The van der Waals surface area contributed by atoms with E-state index in [1.54, 1.807) is 0 Å². The molecule has 16 rings (SSSR count). The number of thiophene rings is 1. The van der Waals surface area contributed by atoms with Gasteiger partial charge in [-0.1, -0.05) is 152 Å². The molecule has 0 aliphatic carbocycles. The fourth-order valence-electron chi connectivity index (χ4n) is 11.5. The van der Waals surface area contributed by atoms with Crippen molar-refractivity contribution in [1.29, 1.82) is 0 Å². The maximum atomic E-state index is 6.62. The van der Waals surface area contributed by atoms with E-state index in [9.17, 15) is 0 Å². The fourth-order valence-corrected chi connectivity index (χ4v) is 12.6. The molecule has 0 fully saturated rings. The van der Waals surface area contributed by atoms with Crippen LogP contribution in [-0.4, -0.2) is 19.5 Å². The highest BCUT2D eigenvalue weighted by molar-refractivity contribution is 7.25. The quantitative estimate of drug-likeness (QED) is 0.159. The lowest BCUT2D eigenvalue weighted by Gasteiger charge is -2.09. The molecule has 6 nitrogen and oxygen atoms in total. The summed E-state index contributed by atoms with van der Waals surface area (Å²) in [5.74, 6) is 1.69. The first kappa shape index (κ1) is 42.5. The molecule has 0 bridgehead atoms. The van der Waals surface area contributed by atoms with E-state index in [1.807, 2.05) is 65.9 Å². The number of para-hydroxylation sites is 2. The van der Waals surface area contributed by atoms with Crippen molar-refractivity contribution >= 4 is 97.2 Å². The lowest BCUT2D eigenvalue weighted by molar-refractivity contribution is 0.668. The van der Waals surface area contributed by atoms with Crippen LogP contribution in [0.15, 0.2) is 251 Å². The van der Waals surface area contributed by atoms with E-state index in [0.29, 0.717) is 17.5 Å². The van der Waals surface area contributed by atoms with E-state index < -0.39 is 0 Å². The third-order valence-corrected chi connectivity index (χ3v) is 16.2. The molecule has 0 atom stereocenters. The number of rotatable bonds is 7. The lowest BCUT2D eigenvalue weighted by atomic mass is 9.98. The maximum Gasteiger partial charge on any atom is 0.164 e. The van der Waals surface area contributed by atoms with Gasteiger partial charge in [-0.25, -0.2) is 15.0 Å². The molecule has 5 heterocycles. The van der Waals surface area contributed by atoms with Gasteiger partial charge in [0.15, 0.2) is 17.5 Å². The van der Waals surface area contributed by atoms with Crippen LogP contribution in [0.5, 0.6) is 0 Å². The Balaban J connectivity index is 0.802. The molecular weight excluding hydrogens is 949 g/mol. The topological polar surface area (TPSA) is 69.9 Å². The summed E-state index contributed by atoms with van der Waals surface area (Å²) in [7, 11) is 0. The van der Waals surface area contributed by atoms with Crippen molar-refractivity contribution in [3.8, 4) is 73.2 Å². The zero-order valence-electron chi connectivity index (χ0n) is 40.6. The van der Waals surface area contributed by atoms with Gasteiger partial charge in [0.05, 0.1) is 11.0 Å². The minimum atomic E-state index is 0.552. The van der Waals surface area contributed by atoms with Gasteiger partial charge in [-0.2, -0.15) is 0 Å². The number of hydrogen-bond donors (Lipinski definition) is 0. The van der Waals surface area contributed by atoms with Gasteiger partial charge in [-0.15, -0.1) is 11.3 Å². The smallest absolute Gasteiger partial charge is 0.164 e. The molecule has 0 aliphatic rings. The van der Waals surface area contributed by atoms with Gasteiger partial charge in [-0.05, 0) is 124 Å². The normalized spacial score (nSPS) is 11.9. The standard InChI is InChI=1S/C69H40N4O2S/c1-4-14-41(15-5-1)49-21-12-24-60-65(49)51-31-26-47(40-62(51)75-60)68-70-67(42-16-6-2-7-17-42)71-69(72-68)52-22-13-25-61-66(52)56-39-44(28-33-59(56)74-61)46-30-35-64-55(38-46)54-37-45(29-34-63(54)76-64)43-27-32-58-53(36-43)50-20-10-11-23-57(50)73(58)48-18-8-3-9-19-48/h1-40H. The van der Waals surface area contributed by atoms with Crippen LogP contribution in [0.1, 0.15) is 0 Å². The minimum absolute atomic E-state index is 0.552. The summed E-state index contributed by atoms with van der Waals surface area (Å²) in [5, 5.41) is 9.04. The summed E-state index contributed by atoms with van der Waals surface area (Å²) >= 11 is 1.84. The Kier molecular flexibility index (Phi) is 9.40. The Morgan fingerprint density at radius 1 is 0.289 bits per heavy atom. The molecule has 0 saturated heterocycles. The third-order valence-electron chi connectivity index (χ3n) is 15.1. The summed E-state index contributed by atoms with van der Waals surface area (Å²) in [5.41, 5.74) is 16.2. The molecule has 0 amide bonds. The van der Waals surface area contributed by atoms with Crippen LogP contribution in [0.2, 0.25) is 0 Å². The number of furan rings is 2. The number of benzene rings is 11. The summed E-state index contributed by atoms with van der Waals surface area (Å²) in [6.45, 7) is 0. The van der Waals surface area contributed by atoms with Gasteiger partial charge in [-0.3, -0.25) is 0 Å². The Morgan fingerprint density at radius 2 is 0.816 bits per heavy atom. The SMILES string of the molecule is c1ccc(-c2nc(-c3ccc4c(c3)oc3cccc(-c5ccccc5)c34)nc(-c3cccc4oc5ccc(-c6ccc7sc8ccc(-c9ccc%10c(c9)c9ccccc9n%10-c9ccccc9)cc8c7c6)cc5c34)n2)cc1. The molecular formula is C69H40N4O2S. The molecule has 11 aromatic carbocycles. The highest BCUT2D eigenvalue weighted by atomic mass is 32.1. The Labute approximate surface area is 439 Å². The lowest BCUT2D eigenvalue weighted by Crippen LogP contribution is -2.00. The van der Waals surface area contributed by atoms with Crippen molar-refractivity contribution in [3.05, 3.63) is 243 Å². The predicted octanol–water partition coefficient (Wildman–Crippen LogP) is 19.1. The van der Waals surface area contributed by atoms with E-state index in [4.69, 9.17) is 23.8 Å². The summed E-state index contributed by atoms with van der Waals surface area (Å²) in [4.78, 5) is 15.6. The monoisotopic (exact) mass is 988 g/mol. The van der Waals surface area contributed by atoms with Crippen molar-refractivity contribution in [2.24, 2.45) is 0 Å². The molecule has 7 heteroatoms. The average Bonchev–Trinajstić information content (AvgIpc) is 4.30. The first-order valence-electron chi connectivity index (χ1n) is 25.5. The largest absolute Gasteiger partial charge is 0.456 e. The predicted molar refractivity (Wildman–Crippen MR) is 314 cm³/mol. The van der Waals surface area contributed by atoms with Crippen molar-refractivity contribution < 1.29 is 8.83 Å². The molecule has 0 spiro atoms. The van der Waals surface area contributed by atoms with Crippen molar-refractivity contribution in [1.82, 2.24) is 19.5 Å². The molecule has 0 radical (unpaired) electrons. The molecule has 354 valence electrons. The van der Waals surface area contributed by atoms with Crippen LogP contribution in [0.4, 0.5) is 0 Å². The van der Waals surface area contributed by atoms with Gasteiger partial charge in [0.25, 0.3) is 0 Å². The molecule has 0 saturated carbocycles. The number of hydrogen-bond acceptors (Lipinski definition) is 6. The number of aromatic nitrogens is 4. The van der Waals surface area contributed by atoms with Gasteiger partial charge in [0.1, 0.15) is 22.3 Å². The molecule has 16 aromatic rings. The zero-order chi connectivity index (χ0) is 49.8. The first-order valence-corrected chi connectivity index (χ1v) is 26.3. The van der Waals surface area contributed by atoms with Crippen molar-refractivity contribution in [2.75, 3.05) is 0 Å². The van der Waals surface area contributed by atoms with Crippen LogP contribution in [-0.2, 0) is 0 Å². The third kappa shape index (κ3) is 6.76. The second kappa shape index (κ2) is 16.8. The van der Waals surface area contributed by atoms with Crippen LogP contribution in [0, 0.1) is 0 Å². The van der Waals surface area contributed by atoms with E-state index in [2.05, 4.69) is 193 Å². The molecule has 0 N–H and O–H groups in total. The minimum Gasteiger partial charge on any atom is -0.456 e. The fraction of sp³-hybridized carbons (Fsp3) is 0. The molecule has 5 aromatic heterocycles. The second-order valence-corrected chi connectivity index (χ2v) is 20.5.